The molecule has 1 aliphatic rings. The second-order valence-electron chi connectivity index (χ2n) is 6.96. The number of aryl methyl sites for hydroxylation is 2. The average molecular weight is 358 g/mol. The summed E-state index contributed by atoms with van der Waals surface area (Å²) in [5.41, 5.74) is 2.06. The summed E-state index contributed by atoms with van der Waals surface area (Å²) in [6, 6.07) is 0. The van der Waals surface area contributed by atoms with Crippen molar-refractivity contribution in [2.45, 2.75) is 32.7 Å². The number of hydrogen-bond donors (Lipinski definition) is 1. The van der Waals surface area contributed by atoms with Crippen LogP contribution >= 0.6 is 0 Å². The molecule has 0 fully saturated rings. The minimum absolute atomic E-state index is 0.106. The number of aromatic nitrogens is 5. The van der Waals surface area contributed by atoms with E-state index in [1.54, 1.807) is 0 Å². The molecule has 0 atom stereocenters. The van der Waals surface area contributed by atoms with E-state index in [0.29, 0.717) is 37.7 Å². The highest BCUT2D eigenvalue weighted by Gasteiger charge is 2.26. The number of carbonyl (C=O) groups excluding carboxylic acids is 1. The minimum atomic E-state index is 0.106. The average Bonchev–Trinajstić information content (AvgIpc) is 3.03. The summed E-state index contributed by atoms with van der Waals surface area (Å²) in [4.78, 5) is 32.0. The number of rotatable bonds is 5. The highest BCUT2D eigenvalue weighted by molar-refractivity contribution is 5.77. The Bertz CT molecular complexity index is 798. The Labute approximate surface area is 153 Å². The Morgan fingerprint density at radius 1 is 1.15 bits per heavy atom. The first-order valence-electron chi connectivity index (χ1n) is 8.75. The van der Waals surface area contributed by atoms with E-state index in [1.165, 1.54) is 0 Å². The van der Waals surface area contributed by atoms with Gasteiger partial charge >= 0.3 is 0 Å². The van der Waals surface area contributed by atoms with Gasteiger partial charge in [0, 0.05) is 53.1 Å². The highest BCUT2D eigenvalue weighted by atomic mass is 16.2. The molecule has 1 aliphatic heterocycles. The lowest BCUT2D eigenvalue weighted by atomic mass is 10.0. The maximum Gasteiger partial charge on any atom is 0.227 e. The second-order valence-corrected chi connectivity index (χ2v) is 6.96. The van der Waals surface area contributed by atoms with Gasteiger partial charge in [0.1, 0.15) is 11.6 Å². The van der Waals surface area contributed by atoms with E-state index in [4.69, 9.17) is 0 Å². The van der Waals surface area contributed by atoms with Crippen LogP contribution in [0.2, 0.25) is 0 Å². The van der Waals surface area contributed by atoms with Crippen molar-refractivity contribution in [3.63, 3.8) is 0 Å². The molecule has 0 aromatic carbocycles. The van der Waals surface area contributed by atoms with Crippen LogP contribution in [-0.2, 0) is 24.2 Å². The summed E-state index contributed by atoms with van der Waals surface area (Å²) in [6.07, 6.45) is 1.71. The summed E-state index contributed by atoms with van der Waals surface area (Å²) in [6.45, 7) is 3.06. The molecule has 9 heteroatoms. The number of nitrogens with one attached hydrogen (secondary N) is 1. The predicted molar refractivity (Wildman–Crippen MR) is 99.2 cm³/mol. The molecule has 0 spiro atoms. The summed E-state index contributed by atoms with van der Waals surface area (Å²) in [5, 5.41) is 6.90. The van der Waals surface area contributed by atoms with Crippen LogP contribution in [0.1, 0.15) is 29.3 Å². The van der Waals surface area contributed by atoms with E-state index in [9.17, 15) is 4.79 Å². The van der Waals surface area contributed by atoms with Crippen molar-refractivity contribution >= 4 is 17.7 Å². The molecular formula is C17H26N8O. The van der Waals surface area contributed by atoms with Crippen molar-refractivity contribution in [3.05, 3.63) is 22.9 Å². The van der Waals surface area contributed by atoms with E-state index < -0.39 is 0 Å². The molecule has 26 heavy (non-hydrogen) atoms. The lowest BCUT2D eigenvalue weighted by molar-refractivity contribution is -0.132. The van der Waals surface area contributed by atoms with Crippen molar-refractivity contribution < 1.29 is 4.79 Å². The molecule has 0 aliphatic carbocycles. The Hall–Kier alpha value is -2.71. The summed E-state index contributed by atoms with van der Waals surface area (Å²) >= 11 is 0. The maximum absolute atomic E-state index is 12.6. The van der Waals surface area contributed by atoms with E-state index in [1.807, 2.05) is 49.8 Å². The van der Waals surface area contributed by atoms with Crippen molar-refractivity contribution in [1.29, 1.82) is 0 Å². The van der Waals surface area contributed by atoms with Crippen LogP contribution in [0, 0.1) is 6.92 Å². The van der Waals surface area contributed by atoms with Crippen molar-refractivity contribution in [2.24, 2.45) is 0 Å². The van der Waals surface area contributed by atoms with Crippen LogP contribution in [0.3, 0.4) is 0 Å². The van der Waals surface area contributed by atoms with Gasteiger partial charge < -0.3 is 14.7 Å². The predicted octanol–water partition coefficient (Wildman–Crippen LogP) is 0.553. The second kappa shape index (κ2) is 7.27. The third kappa shape index (κ3) is 3.76. The SMILES string of the molecule is Cc1nc(CCC(=O)N2CCc3c(nc(N(C)C)nc3N(C)C)C2)n[nH]1. The largest absolute Gasteiger partial charge is 0.362 e. The van der Waals surface area contributed by atoms with Gasteiger partial charge in [-0.1, -0.05) is 0 Å². The van der Waals surface area contributed by atoms with Crippen molar-refractivity contribution in [1.82, 2.24) is 30.0 Å². The minimum Gasteiger partial charge on any atom is -0.362 e. The maximum atomic E-state index is 12.6. The molecule has 0 saturated heterocycles. The number of aromatic amines is 1. The fraction of sp³-hybridized carbons (Fsp3) is 0.588. The normalized spacial score (nSPS) is 13.5. The molecule has 3 rings (SSSR count). The summed E-state index contributed by atoms with van der Waals surface area (Å²) < 4.78 is 0. The number of H-pyrrole nitrogens is 1. The number of carbonyl (C=O) groups is 1. The molecule has 2 aromatic rings. The topological polar surface area (TPSA) is 94.1 Å². The van der Waals surface area contributed by atoms with Crippen LogP contribution in [0.15, 0.2) is 0 Å². The van der Waals surface area contributed by atoms with E-state index in [2.05, 4.69) is 25.1 Å². The number of hydrogen-bond acceptors (Lipinski definition) is 7. The lowest BCUT2D eigenvalue weighted by Gasteiger charge is -2.31. The van der Waals surface area contributed by atoms with Gasteiger partial charge in [-0.15, -0.1) is 0 Å². The molecule has 0 radical (unpaired) electrons. The van der Waals surface area contributed by atoms with Gasteiger partial charge in [-0.3, -0.25) is 9.89 Å². The zero-order chi connectivity index (χ0) is 18.8. The third-order valence-electron chi connectivity index (χ3n) is 4.41. The fourth-order valence-corrected chi connectivity index (χ4v) is 3.06. The first kappa shape index (κ1) is 18.1. The Balaban J connectivity index is 1.74. The van der Waals surface area contributed by atoms with Crippen LogP contribution in [0.5, 0.6) is 0 Å². The fourth-order valence-electron chi connectivity index (χ4n) is 3.06. The number of nitrogens with zero attached hydrogens (tertiary/aromatic N) is 7. The number of fused-ring (bicyclic) bond motifs is 1. The van der Waals surface area contributed by atoms with Crippen LogP contribution < -0.4 is 9.80 Å². The quantitative estimate of drug-likeness (QED) is 0.834. The highest BCUT2D eigenvalue weighted by Crippen LogP contribution is 2.27. The van der Waals surface area contributed by atoms with Gasteiger partial charge in [0.25, 0.3) is 0 Å². The van der Waals surface area contributed by atoms with Crippen LogP contribution in [-0.4, -0.2) is 70.7 Å². The molecule has 9 nitrogen and oxygen atoms in total. The van der Waals surface area contributed by atoms with Crippen LogP contribution in [0.25, 0.3) is 0 Å². The van der Waals surface area contributed by atoms with Crippen molar-refractivity contribution in [2.75, 3.05) is 44.5 Å². The van der Waals surface area contributed by atoms with Crippen molar-refractivity contribution in [3.8, 4) is 0 Å². The molecule has 0 saturated carbocycles. The molecule has 140 valence electrons. The summed E-state index contributed by atoms with van der Waals surface area (Å²) in [7, 11) is 7.81. The Morgan fingerprint density at radius 2 is 1.92 bits per heavy atom. The van der Waals surface area contributed by atoms with Gasteiger partial charge in [0.15, 0.2) is 5.82 Å². The first-order chi connectivity index (χ1) is 12.3. The Morgan fingerprint density at radius 3 is 2.54 bits per heavy atom. The zero-order valence-corrected chi connectivity index (χ0v) is 16.1. The Kier molecular flexibility index (Phi) is 5.06. The third-order valence-corrected chi connectivity index (χ3v) is 4.41. The standard InChI is InChI=1S/C17H26N8O/c1-11-18-14(22-21-11)6-7-15(26)25-9-8-12-13(10-25)19-17(24(4)5)20-16(12)23(2)3/h6-10H2,1-5H3,(H,18,21,22). The van der Waals surface area contributed by atoms with Gasteiger partial charge in [0.2, 0.25) is 11.9 Å². The number of anilines is 2. The van der Waals surface area contributed by atoms with Gasteiger partial charge in [-0.25, -0.2) is 9.97 Å². The first-order valence-corrected chi connectivity index (χ1v) is 8.75. The molecule has 0 unspecified atom stereocenters. The molecule has 1 N–H and O–H groups in total. The summed E-state index contributed by atoms with van der Waals surface area (Å²) in [5.74, 6) is 3.15. The smallest absolute Gasteiger partial charge is 0.227 e. The van der Waals surface area contributed by atoms with E-state index in [-0.39, 0.29) is 5.91 Å². The van der Waals surface area contributed by atoms with E-state index in [0.717, 1.165) is 29.3 Å². The van der Waals surface area contributed by atoms with Gasteiger partial charge in [-0.2, -0.15) is 10.1 Å². The molecule has 3 heterocycles. The van der Waals surface area contributed by atoms with Gasteiger partial charge in [-0.05, 0) is 13.3 Å². The van der Waals surface area contributed by atoms with Crippen LogP contribution in [0.4, 0.5) is 11.8 Å². The zero-order valence-electron chi connectivity index (χ0n) is 16.1. The molecule has 0 bridgehead atoms. The molecule has 1 amide bonds. The monoisotopic (exact) mass is 358 g/mol. The molecule has 2 aromatic heterocycles. The van der Waals surface area contributed by atoms with E-state index >= 15 is 0 Å². The lowest BCUT2D eigenvalue weighted by Crippen LogP contribution is -2.38. The van der Waals surface area contributed by atoms with Gasteiger partial charge in [0.05, 0.1) is 12.2 Å². The molecular weight excluding hydrogens is 332 g/mol. The number of amides is 1.